The first kappa shape index (κ1) is 27.0. The Balaban J connectivity index is 1.96. The van der Waals surface area contributed by atoms with Gasteiger partial charge in [-0.15, -0.1) is 0 Å². The van der Waals surface area contributed by atoms with Gasteiger partial charge in [0.1, 0.15) is 0 Å². The molecule has 0 spiro atoms. The number of imide groups is 1. The molecule has 0 aromatic heterocycles. The summed E-state index contributed by atoms with van der Waals surface area (Å²) in [7, 11) is 1.42. The van der Waals surface area contributed by atoms with Gasteiger partial charge in [-0.1, -0.05) is 96.8 Å². The second kappa shape index (κ2) is 17.6. The van der Waals surface area contributed by atoms with Crippen LogP contribution in [0.1, 0.15) is 120 Å². The van der Waals surface area contributed by atoms with Gasteiger partial charge in [-0.05, 0) is 24.6 Å². The van der Waals surface area contributed by atoms with Crippen LogP contribution in [0.3, 0.4) is 0 Å². The SMILES string of the molecule is CCCCCCCCCCCCCCCCCC(=O)NC(=O)c1ccc(O)c(OC)c1. The molecule has 0 fully saturated rings. The number of methoxy groups -OCH3 is 1. The van der Waals surface area contributed by atoms with Gasteiger partial charge in [0.25, 0.3) is 5.91 Å². The Morgan fingerprint density at radius 2 is 1.29 bits per heavy atom. The summed E-state index contributed by atoms with van der Waals surface area (Å²) in [5.41, 5.74) is 0.291. The quantitative estimate of drug-likeness (QED) is 0.246. The van der Waals surface area contributed by atoms with Gasteiger partial charge in [0.05, 0.1) is 7.11 Å². The number of carbonyl (C=O) groups excluding carboxylic acids is 2. The molecule has 1 rings (SSSR count). The topological polar surface area (TPSA) is 75.6 Å². The van der Waals surface area contributed by atoms with Crippen molar-refractivity contribution in [3.8, 4) is 11.5 Å². The van der Waals surface area contributed by atoms with Gasteiger partial charge in [-0.3, -0.25) is 14.9 Å². The molecular weight excluding hydrogens is 390 g/mol. The fourth-order valence-corrected chi connectivity index (χ4v) is 3.74. The lowest BCUT2D eigenvalue weighted by atomic mass is 10.0. The maximum atomic E-state index is 12.1. The molecule has 1 aromatic carbocycles. The van der Waals surface area contributed by atoms with Crippen molar-refractivity contribution in [3.63, 3.8) is 0 Å². The average Bonchev–Trinajstić information content (AvgIpc) is 2.76. The van der Waals surface area contributed by atoms with Gasteiger partial charge < -0.3 is 9.84 Å². The van der Waals surface area contributed by atoms with Crippen LogP contribution >= 0.6 is 0 Å². The molecule has 31 heavy (non-hydrogen) atoms. The summed E-state index contributed by atoms with van der Waals surface area (Å²) >= 11 is 0. The number of carbonyl (C=O) groups is 2. The van der Waals surface area contributed by atoms with E-state index in [-0.39, 0.29) is 17.4 Å². The Kier molecular flexibility index (Phi) is 15.3. The van der Waals surface area contributed by atoms with E-state index in [1.807, 2.05) is 0 Å². The third-order valence-electron chi connectivity index (χ3n) is 5.70. The van der Waals surface area contributed by atoms with E-state index in [0.717, 1.165) is 19.3 Å². The number of amides is 2. The standard InChI is InChI=1S/C26H43NO4/c1-3-4-5-6-7-8-9-10-11-12-13-14-15-16-17-18-25(29)27-26(30)22-19-20-23(28)24(21-22)31-2/h19-21,28H,3-18H2,1-2H3,(H,27,29,30). The van der Waals surface area contributed by atoms with Gasteiger partial charge in [0, 0.05) is 12.0 Å². The van der Waals surface area contributed by atoms with Gasteiger partial charge >= 0.3 is 0 Å². The van der Waals surface area contributed by atoms with E-state index in [1.165, 1.54) is 102 Å². The Morgan fingerprint density at radius 1 is 0.806 bits per heavy atom. The lowest BCUT2D eigenvalue weighted by molar-refractivity contribution is -0.120. The number of hydrogen-bond acceptors (Lipinski definition) is 4. The van der Waals surface area contributed by atoms with Crippen LogP contribution < -0.4 is 10.1 Å². The summed E-state index contributed by atoms with van der Waals surface area (Å²) in [5, 5.41) is 12.0. The highest BCUT2D eigenvalue weighted by Crippen LogP contribution is 2.26. The predicted molar refractivity (Wildman–Crippen MR) is 127 cm³/mol. The van der Waals surface area contributed by atoms with E-state index in [4.69, 9.17) is 4.74 Å². The minimum absolute atomic E-state index is 0.0387. The fraction of sp³-hybridized carbons (Fsp3) is 0.692. The number of benzene rings is 1. The van der Waals surface area contributed by atoms with Crippen molar-refractivity contribution in [1.82, 2.24) is 5.32 Å². The molecule has 0 aliphatic carbocycles. The summed E-state index contributed by atoms with van der Waals surface area (Å²) < 4.78 is 4.99. The second-order valence-corrected chi connectivity index (χ2v) is 8.46. The summed E-state index contributed by atoms with van der Waals surface area (Å²) in [6, 6.07) is 4.27. The molecule has 0 saturated heterocycles. The number of ether oxygens (including phenoxy) is 1. The zero-order valence-corrected chi connectivity index (χ0v) is 19.7. The third kappa shape index (κ3) is 13.1. The highest BCUT2D eigenvalue weighted by molar-refractivity contribution is 6.04. The van der Waals surface area contributed by atoms with Crippen molar-refractivity contribution in [2.75, 3.05) is 7.11 Å². The molecule has 0 bridgehead atoms. The Morgan fingerprint density at radius 3 is 1.77 bits per heavy atom. The zero-order chi connectivity index (χ0) is 22.7. The van der Waals surface area contributed by atoms with Gasteiger partial charge in [0.15, 0.2) is 11.5 Å². The number of phenolic OH excluding ortho intramolecular Hbond substituents is 1. The second-order valence-electron chi connectivity index (χ2n) is 8.46. The number of phenols is 1. The number of aromatic hydroxyl groups is 1. The van der Waals surface area contributed by atoms with Crippen LogP contribution in [-0.4, -0.2) is 24.0 Å². The zero-order valence-electron chi connectivity index (χ0n) is 19.7. The third-order valence-corrected chi connectivity index (χ3v) is 5.70. The van der Waals surface area contributed by atoms with Crippen LogP contribution in [0.5, 0.6) is 11.5 Å². The molecule has 2 amide bonds. The van der Waals surface area contributed by atoms with Crippen LogP contribution in [0.4, 0.5) is 0 Å². The molecule has 0 aliphatic rings. The highest BCUT2D eigenvalue weighted by Gasteiger charge is 2.12. The van der Waals surface area contributed by atoms with Crippen LogP contribution in [0.15, 0.2) is 18.2 Å². The molecule has 176 valence electrons. The maximum Gasteiger partial charge on any atom is 0.257 e. The van der Waals surface area contributed by atoms with E-state index in [9.17, 15) is 14.7 Å². The van der Waals surface area contributed by atoms with E-state index < -0.39 is 5.91 Å². The molecule has 1 aromatic rings. The van der Waals surface area contributed by atoms with Crippen molar-refractivity contribution in [1.29, 1.82) is 0 Å². The number of hydrogen-bond donors (Lipinski definition) is 2. The molecule has 0 unspecified atom stereocenters. The van der Waals surface area contributed by atoms with Crippen molar-refractivity contribution >= 4 is 11.8 Å². The van der Waals surface area contributed by atoms with E-state index in [1.54, 1.807) is 0 Å². The van der Waals surface area contributed by atoms with Gasteiger partial charge in [-0.2, -0.15) is 0 Å². The Labute approximate surface area is 189 Å². The molecule has 5 nitrogen and oxygen atoms in total. The maximum absolute atomic E-state index is 12.1. The van der Waals surface area contributed by atoms with Crippen LogP contribution in [0.25, 0.3) is 0 Å². The minimum Gasteiger partial charge on any atom is -0.504 e. The summed E-state index contributed by atoms with van der Waals surface area (Å²) in [6.07, 6.45) is 19.6. The van der Waals surface area contributed by atoms with E-state index >= 15 is 0 Å². The van der Waals surface area contributed by atoms with Crippen LogP contribution in [-0.2, 0) is 4.79 Å². The number of rotatable bonds is 18. The van der Waals surface area contributed by atoms with E-state index in [0.29, 0.717) is 12.0 Å². The van der Waals surface area contributed by atoms with Crippen molar-refractivity contribution in [3.05, 3.63) is 23.8 Å². The molecule has 0 radical (unpaired) electrons. The minimum atomic E-state index is -0.468. The highest BCUT2D eigenvalue weighted by atomic mass is 16.5. The Hall–Kier alpha value is -2.04. The Bertz CT molecular complexity index is 630. The molecular formula is C26H43NO4. The van der Waals surface area contributed by atoms with Crippen molar-refractivity contribution < 1.29 is 19.4 Å². The fourth-order valence-electron chi connectivity index (χ4n) is 3.74. The lowest BCUT2D eigenvalue weighted by Gasteiger charge is -2.07. The predicted octanol–water partition coefficient (Wildman–Crippen LogP) is 6.92. The van der Waals surface area contributed by atoms with Crippen LogP contribution in [0, 0.1) is 0 Å². The molecule has 0 aliphatic heterocycles. The first-order chi connectivity index (χ1) is 15.1. The smallest absolute Gasteiger partial charge is 0.257 e. The number of nitrogens with one attached hydrogen (secondary N) is 1. The molecule has 0 atom stereocenters. The first-order valence-corrected chi connectivity index (χ1v) is 12.3. The van der Waals surface area contributed by atoms with E-state index in [2.05, 4.69) is 12.2 Å². The monoisotopic (exact) mass is 433 g/mol. The lowest BCUT2D eigenvalue weighted by Crippen LogP contribution is -2.30. The average molecular weight is 434 g/mol. The molecule has 0 heterocycles. The molecule has 0 saturated carbocycles. The summed E-state index contributed by atoms with van der Waals surface area (Å²) in [6.45, 7) is 2.26. The van der Waals surface area contributed by atoms with Gasteiger partial charge in [0.2, 0.25) is 5.91 Å². The molecule has 5 heteroatoms. The normalized spacial score (nSPS) is 10.8. The summed E-state index contributed by atoms with van der Waals surface area (Å²) in [5.74, 6) is -0.554. The van der Waals surface area contributed by atoms with Crippen LogP contribution in [0.2, 0.25) is 0 Å². The van der Waals surface area contributed by atoms with Crippen molar-refractivity contribution in [2.45, 2.75) is 110 Å². The molecule has 2 N–H and O–H groups in total. The first-order valence-electron chi connectivity index (χ1n) is 12.3. The van der Waals surface area contributed by atoms with Gasteiger partial charge in [-0.25, -0.2) is 0 Å². The number of unbranched alkanes of at least 4 members (excludes halogenated alkanes) is 14. The largest absolute Gasteiger partial charge is 0.504 e. The van der Waals surface area contributed by atoms with Crippen molar-refractivity contribution in [2.24, 2.45) is 0 Å². The summed E-state index contributed by atoms with van der Waals surface area (Å²) in [4.78, 5) is 24.1.